The fourth-order valence-electron chi connectivity index (χ4n) is 3.16. The number of nitrogens with one attached hydrogen (secondary N) is 1. The highest BCUT2D eigenvalue weighted by molar-refractivity contribution is 7.90. The molecule has 3 heterocycles. The largest absolute Gasteiger partial charge is 0.378 e. The van der Waals surface area contributed by atoms with Gasteiger partial charge in [-0.1, -0.05) is 0 Å². The smallest absolute Gasteiger partial charge is 0.290 e. The fraction of sp³-hybridized carbons (Fsp3) is 0.353. The molecule has 0 atom stereocenters. The first kappa shape index (κ1) is 17.7. The van der Waals surface area contributed by atoms with Gasteiger partial charge < -0.3 is 9.64 Å². The van der Waals surface area contributed by atoms with Crippen LogP contribution in [0.2, 0.25) is 0 Å². The van der Waals surface area contributed by atoms with E-state index in [1.54, 1.807) is 25.2 Å². The highest BCUT2D eigenvalue weighted by atomic mass is 32.2. The van der Waals surface area contributed by atoms with Gasteiger partial charge in [-0.25, -0.2) is 13.1 Å². The highest BCUT2D eigenvalue weighted by Crippen LogP contribution is 2.28. The van der Waals surface area contributed by atoms with Crippen LogP contribution < -0.4 is 10.5 Å². The molecule has 0 saturated carbocycles. The molecular formula is C17H19N5O4S. The van der Waals surface area contributed by atoms with Crippen molar-refractivity contribution in [2.45, 2.75) is 4.90 Å². The second kappa shape index (κ2) is 6.46. The number of hydrogen-bond acceptors (Lipinski definition) is 7. The maximum Gasteiger partial charge on any atom is 0.290 e. The lowest BCUT2D eigenvalue weighted by molar-refractivity contribution is 0.122. The maximum absolute atomic E-state index is 12.5. The zero-order valence-corrected chi connectivity index (χ0v) is 15.8. The van der Waals surface area contributed by atoms with Gasteiger partial charge in [0.2, 0.25) is 0 Å². The normalized spacial score (nSPS) is 15.4. The van der Waals surface area contributed by atoms with E-state index in [4.69, 9.17) is 4.74 Å². The zero-order valence-electron chi connectivity index (χ0n) is 15.0. The third kappa shape index (κ3) is 3.21. The first-order valence-electron chi connectivity index (χ1n) is 8.44. The molecule has 0 amide bonds. The number of aromatic amines is 1. The Morgan fingerprint density at radius 3 is 2.63 bits per heavy atom. The predicted octanol–water partition coefficient (Wildman–Crippen LogP) is 0.564. The molecule has 1 N–H and O–H groups in total. The number of hydrogen-bond donors (Lipinski definition) is 1. The summed E-state index contributed by atoms with van der Waals surface area (Å²) in [6, 6.07) is 6.49. The van der Waals surface area contributed by atoms with E-state index in [9.17, 15) is 13.2 Å². The molecule has 4 rings (SSSR count). The van der Waals surface area contributed by atoms with Crippen molar-refractivity contribution in [3.05, 3.63) is 34.6 Å². The summed E-state index contributed by atoms with van der Waals surface area (Å²) in [5.41, 5.74) is 2.02. The SMILES string of the molecule is Cn1nc(-c2n[nH]c3ccc(S(C)(=O)=O)cc23)cc(N2CCOCC2)c1=O. The Balaban J connectivity index is 1.88. The Hall–Kier alpha value is -2.72. The summed E-state index contributed by atoms with van der Waals surface area (Å²) in [6.07, 6.45) is 1.16. The van der Waals surface area contributed by atoms with Gasteiger partial charge >= 0.3 is 0 Å². The van der Waals surface area contributed by atoms with Crippen LogP contribution in [0.4, 0.5) is 5.69 Å². The molecule has 9 nitrogen and oxygen atoms in total. The molecule has 0 radical (unpaired) electrons. The zero-order chi connectivity index (χ0) is 19.2. The monoisotopic (exact) mass is 389 g/mol. The number of aryl methyl sites for hydroxylation is 1. The van der Waals surface area contributed by atoms with Gasteiger partial charge in [-0.3, -0.25) is 9.89 Å². The third-order valence-electron chi connectivity index (χ3n) is 4.60. The van der Waals surface area contributed by atoms with Crippen LogP contribution in [0, 0.1) is 0 Å². The van der Waals surface area contributed by atoms with Crippen molar-refractivity contribution >= 4 is 26.4 Å². The number of sulfone groups is 1. The van der Waals surface area contributed by atoms with Gasteiger partial charge in [0.15, 0.2) is 9.84 Å². The molecule has 0 bridgehead atoms. The van der Waals surface area contributed by atoms with E-state index >= 15 is 0 Å². The first-order valence-corrected chi connectivity index (χ1v) is 10.3. The van der Waals surface area contributed by atoms with Crippen LogP contribution in [0.25, 0.3) is 22.3 Å². The number of fused-ring (bicyclic) bond motifs is 1. The molecule has 1 saturated heterocycles. The summed E-state index contributed by atoms with van der Waals surface area (Å²) in [7, 11) is -1.76. The van der Waals surface area contributed by atoms with Crippen molar-refractivity contribution in [2.75, 3.05) is 37.5 Å². The second-order valence-corrected chi connectivity index (χ2v) is 8.51. The molecule has 1 aromatic carbocycles. The molecule has 3 aromatic rings. The van der Waals surface area contributed by atoms with Gasteiger partial charge in [-0.05, 0) is 24.3 Å². The summed E-state index contributed by atoms with van der Waals surface area (Å²) in [5.74, 6) is 0. The Morgan fingerprint density at radius 1 is 1.19 bits per heavy atom. The van der Waals surface area contributed by atoms with Gasteiger partial charge in [0.25, 0.3) is 5.56 Å². The summed E-state index contributed by atoms with van der Waals surface area (Å²) < 4.78 is 30.4. The lowest BCUT2D eigenvalue weighted by Gasteiger charge is -2.28. The van der Waals surface area contributed by atoms with E-state index in [1.165, 1.54) is 10.7 Å². The summed E-state index contributed by atoms with van der Waals surface area (Å²) in [5, 5.41) is 12.2. The average Bonchev–Trinajstić information content (AvgIpc) is 3.07. The lowest BCUT2D eigenvalue weighted by Crippen LogP contribution is -2.40. The molecule has 2 aromatic heterocycles. The molecule has 10 heteroatoms. The Morgan fingerprint density at radius 2 is 1.93 bits per heavy atom. The van der Waals surface area contributed by atoms with Gasteiger partial charge in [0.1, 0.15) is 17.1 Å². The Kier molecular flexibility index (Phi) is 4.23. The van der Waals surface area contributed by atoms with Crippen LogP contribution >= 0.6 is 0 Å². The number of H-pyrrole nitrogens is 1. The number of rotatable bonds is 3. The van der Waals surface area contributed by atoms with Crippen LogP contribution in [-0.2, 0) is 21.6 Å². The predicted molar refractivity (Wildman–Crippen MR) is 101 cm³/mol. The van der Waals surface area contributed by atoms with Crippen molar-refractivity contribution in [3.63, 3.8) is 0 Å². The molecule has 27 heavy (non-hydrogen) atoms. The van der Waals surface area contributed by atoms with Crippen molar-refractivity contribution in [1.29, 1.82) is 0 Å². The summed E-state index contributed by atoms with van der Waals surface area (Å²) in [4.78, 5) is 14.7. The number of nitrogens with zero attached hydrogens (tertiary/aromatic N) is 4. The van der Waals surface area contributed by atoms with Gasteiger partial charge in [-0.15, -0.1) is 0 Å². The molecule has 142 valence electrons. The standard InChI is InChI=1S/C17H19N5O4S/c1-21-17(23)15(22-5-7-26-8-6-22)10-14(20-21)16-12-9-11(27(2,24)25)3-4-13(12)18-19-16/h3-4,9-10H,5-8H2,1-2H3,(H,18,19). The van der Waals surface area contributed by atoms with Crippen molar-refractivity contribution in [1.82, 2.24) is 20.0 Å². The lowest BCUT2D eigenvalue weighted by atomic mass is 10.1. The van der Waals surface area contributed by atoms with Gasteiger partial charge in [0.05, 0.1) is 23.6 Å². The molecule has 1 aliphatic rings. The first-order chi connectivity index (χ1) is 12.8. The van der Waals surface area contributed by atoms with Crippen LogP contribution in [0.3, 0.4) is 0 Å². The molecule has 1 aliphatic heterocycles. The number of morpholine rings is 1. The number of aromatic nitrogens is 4. The second-order valence-electron chi connectivity index (χ2n) is 6.49. The van der Waals surface area contributed by atoms with E-state index < -0.39 is 9.84 Å². The van der Waals surface area contributed by atoms with E-state index in [-0.39, 0.29) is 10.5 Å². The number of anilines is 1. The molecule has 0 spiro atoms. The minimum absolute atomic E-state index is 0.197. The van der Waals surface area contributed by atoms with Gasteiger partial charge in [-0.2, -0.15) is 10.2 Å². The van der Waals surface area contributed by atoms with E-state index in [1.807, 2.05) is 4.90 Å². The molecule has 0 aliphatic carbocycles. The third-order valence-corrected chi connectivity index (χ3v) is 5.71. The van der Waals surface area contributed by atoms with Crippen LogP contribution in [-0.4, -0.2) is 61.0 Å². The minimum atomic E-state index is -3.35. The number of ether oxygens (including phenoxy) is 1. The molecular weight excluding hydrogens is 370 g/mol. The Labute approximate surface area is 155 Å². The highest BCUT2D eigenvalue weighted by Gasteiger charge is 2.20. The fourth-order valence-corrected chi connectivity index (χ4v) is 3.81. The average molecular weight is 389 g/mol. The molecule has 1 fully saturated rings. The van der Waals surface area contributed by atoms with Crippen LogP contribution in [0.1, 0.15) is 0 Å². The van der Waals surface area contributed by atoms with Crippen molar-refractivity contribution in [2.24, 2.45) is 7.05 Å². The summed E-state index contributed by atoms with van der Waals surface area (Å²) in [6.45, 7) is 2.37. The number of benzene rings is 1. The van der Waals surface area contributed by atoms with Gasteiger partial charge in [0, 0.05) is 31.8 Å². The van der Waals surface area contributed by atoms with E-state index in [2.05, 4.69) is 15.3 Å². The van der Waals surface area contributed by atoms with Crippen LogP contribution in [0.15, 0.2) is 34.0 Å². The van der Waals surface area contributed by atoms with Crippen molar-refractivity contribution in [3.8, 4) is 11.4 Å². The van der Waals surface area contributed by atoms with E-state index in [0.29, 0.717) is 54.3 Å². The Bertz CT molecular complexity index is 1180. The topological polar surface area (TPSA) is 110 Å². The van der Waals surface area contributed by atoms with Crippen LogP contribution in [0.5, 0.6) is 0 Å². The summed E-state index contributed by atoms with van der Waals surface area (Å²) >= 11 is 0. The van der Waals surface area contributed by atoms with E-state index in [0.717, 1.165) is 6.26 Å². The maximum atomic E-state index is 12.5. The quantitative estimate of drug-likeness (QED) is 0.697. The molecule has 0 unspecified atom stereocenters. The minimum Gasteiger partial charge on any atom is -0.378 e. The van der Waals surface area contributed by atoms with Crippen molar-refractivity contribution < 1.29 is 13.2 Å².